The van der Waals surface area contributed by atoms with Gasteiger partial charge in [0.25, 0.3) is 5.91 Å². The lowest BCUT2D eigenvalue weighted by molar-refractivity contribution is -0.141. The number of likely N-dealkylation sites (tertiary alicyclic amines) is 1. The van der Waals surface area contributed by atoms with E-state index in [0.717, 1.165) is 19.3 Å². The molecular weight excluding hydrogens is 356 g/mol. The first-order valence-electron chi connectivity index (χ1n) is 8.97. The first-order valence-corrected chi connectivity index (χ1v) is 10.4. The average Bonchev–Trinajstić information content (AvgIpc) is 3.12. The van der Waals surface area contributed by atoms with E-state index in [1.807, 2.05) is 0 Å². The quantitative estimate of drug-likeness (QED) is 0.860. The van der Waals surface area contributed by atoms with E-state index in [9.17, 15) is 23.1 Å². The van der Waals surface area contributed by atoms with Crippen molar-refractivity contribution in [2.75, 3.05) is 19.6 Å². The molecule has 0 aliphatic carbocycles. The van der Waals surface area contributed by atoms with Crippen LogP contribution >= 0.6 is 0 Å². The number of carboxylic acid groups (broad SMARTS) is 1. The topological polar surface area (TPSA) is 95.0 Å². The molecule has 0 spiro atoms. The Bertz CT molecular complexity index is 815. The molecule has 2 aliphatic rings. The summed E-state index contributed by atoms with van der Waals surface area (Å²) in [6.45, 7) is 3.09. The summed E-state index contributed by atoms with van der Waals surface area (Å²) in [6, 6.07) is 3.70. The maximum Gasteiger partial charge on any atom is 0.326 e. The van der Waals surface area contributed by atoms with Crippen LogP contribution in [0, 0.1) is 6.92 Å². The number of rotatable bonds is 4. The number of nitrogens with zero attached hydrogens (tertiary/aromatic N) is 2. The Kier molecular flexibility index (Phi) is 5.34. The van der Waals surface area contributed by atoms with E-state index in [-0.39, 0.29) is 10.5 Å². The number of carbonyl (C=O) groups excluding carboxylic acids is 1. The third kappa shape index (κ3) is 3.48. The van der Waals surface area contributed by atoms with Gasteiger partial charge in [0.2, 0.25) is 10.0 Å². The number of carbonyl (C=O) groups is 2. The summed E-state index contributed by atoms with van der Waals surface area (Å²) in [7, 11) is -3.64. The van der Waals surface area contributed by atoms with Gasteiger partial charge in [0.15, 0.2) is 0 Å². The van der Waals surface area contributed by atoms with Crippen molar-refractivity contribution < 1.29 is 23.1 Å². The summed E-state index contributed by atoms with van der Waals surface area (Å²) in [5, 5.41) is 9.31. The molecule has 2 saturated heterocycles. The van der Waals surface area contributed by atoms with Gasteiger partial charge in [0.1, 0.15) is 6.04 Å². The molecular formula is C18H24N2O5S. The predicted octanol–water partition coefficient (Wildman–Crippen LogP) is 1.86. The number of carboxylic acids is 1. The molecule has 0 bridgehead atoms. The molecule has 1 N–H and O–H groups in total. The lowest BCUT2D eigenvalue weighted by Gasteiger charge is -2.26. The Morgan fingerprint density at radius 1 is 1.08 bits per heavy atom. The first-order chi connectivity index (χ1) is 12.3. The number of aliphatic carboxylic acids is 1. The molecule has 0 aromatic heterocycles. The van der Waals surface area contributed by atoms with E-state index < -0.39 is 27.9 Å². The van der Waals surface area contributed by atoms with Crippen LogP contribution in [-0.2, 0) is 14.8 Å². The monoisotopic (exact) mass is 380 g/mol. The van der Waals surface area contributed by atoms with Crippen molar-refractivity contribution in [3.63, 3.8) is 0 Å². The van der Waals surface area contributed by atoms with E-state index >= 15 is 0 Å². The van der Waals surface area contributed by atoms with Crippen molar-refractivity contribution in [2.45, 2.75) is 50.0 Å². The van der Waals surface area contributed by atoms with Gasteiger partial charge in [-0.25, -0.2) is 13.2 Å². The van der Waals surface area contributed by atoms with Gasteiger partial charge in [-0.2, -0.15) is 4.31 Å². The molecule has 8 heteroatoms. The molecule has 0 saturated carbocycles. The molecule has 1 amide bonds. The number of amides is 1. The second-order valence-electron chi connectivity index (χ2n) is 6.94. The molecule has 3 rings (SSSR count). The maximum atomic E-state index is 12.9. The van der Waals surface area contributed by atoms with Gasteiger partial charge in [-0.3, -0.25) is 4.79 Å². The highest BCUT2D eigenvalue weighted by molar-refractivity contribution is 7.89. The number of hydrogen-bond acceptors (Lipinski definition) is 4. The Hall–Kier alpha value is -1.93. The van der Waals surface area contributed by atoms with E-state index in [0.29, 0.717) is 38.0 Å². The first kappa shape index (κ1) is 18.8. The van der Waals surface area contributed by atoms with Gasteiger partial charge in [0, 0.05) is 25.2 Å². The lowest BCUT2D eigenvalue weighted by Crippen LogP contribution is -2.41. The largest absolute Gasteiger partial charge is 0.480 e. The van der Waals surface area contributed by atoms with Gasteiger partial charge in [-0.05, 0) is 50.3 Å². The van der Waals surface area contributed by atoms with Crippen molar-refractivity contribution in [3.05, 3.63) is 29.3 Å². The molecule has 0 radical (unpaired) electrons. The maximum absolute atomic E-state index is 12.9. The molecule has 26 heavy (non-hydrogen) atoms. The van der Waals surface area contributed by atoms with Crippen molar-refractivity contribution in [1.82, 2.24) is 9.21 Å². The van der Waals surface area contributed by atoms with Crippen LogP contribution in [-0.4, -0.2) is 60.3 Å². The van der Waals surface area contributed by atoms with Gasteiger partial charge < -0.3 is 10.0 Å². The zero-order valence-corrected chi connectivity index (χ0v) is 15.7. The molecule has 2 heterocycles. The summed E-state index contributed by atoms with van der Waals surface area (Å²) in [4.78, 5) is 25.7. The fourth-order valence-electron chi connectivity index (χ4n) is 3.67. The van der Waals surface area contributed by atoms with Crippen LogP contribution < -0.4 is 0 Å². The van der Waals surface area contributed by atoms with Crippen LogP contribution in [0.5, 0.6) is 0 Å². The van der Waals surface area contributed by atoms with Crippen molar-refractivity contribution in [3.8, 4) is 0 Å². The zero-order valence-electron chi connectivity index (χ0n) is 14.8. The highest BCUT2D eigenvalue weighted by Gasteiger charge is 2.35. The van der Waals surface area contributed by atoms with Crippen LogP contribution in [0.15, 0.2) is 23.1 Å². The third-order valence-corrected chi connectivity index (χ3v) is 7.09. The smallest absolute Gasteiger partial charge is 0.326 e. The number of piperidine rings is 1. The number of aryl methyl sites for hydroxylation is 1. The summed E-state index contributed by atoms with van der Waals surface area (Å²) in [5.41, 5.74) is 0.903. The van der Waals surface area contributed by atoms with E-state index in [1.165, 1.54) is 21.3 Å². The SMILES string of the molecule is Cc1ccc(S(=O)(=O)N2CCCCC2)cc1C(=O)N1CCC[C@H]1C(=O)O. The van der Waals surface area contributed by atoms with Crippen molar-refractivity contribution in [1.29, 1.82) is 0 Å². The van der Waals surface area contributed by atoms with Crippen LogP contribution in [0.2, 0.25) is 0 Å². The van der Waals surface area contributed by atoms with Crippen LogP contribution in [0.4, 0.5) is 0 Å². The molecule has 2 fully saturated rings. The van der Waals surface area contributed by atoms with E-state index in [4.69, 9.17) is 0 Å². The average molecular weight is 380 g/mol. The second-order valence-corrected chi connectivity index (χ2v) is 8.87. The molecule has 0 unspecified atom stereocenters. The minimum Gasteiger partial charge on any atom is -0.480 e. The minimum atomic E-state index is -3.64. The van der Waals surface area contributed by atoms with E-state index in [2.05, 4.69) is 0 Å². The minimum absolute atomic E-state index is 0.0967. The van der Waals surface area contributed by atoms with Gasteiger partial charge >= 0.3 is 5.97 Å². The van der Waals surface area contributed by atoms with Crippen molar-refractivity contribution >= 4 is 21.9 Å². The number of benzene rings is 1. The summed E-state index contributed by atoms with van der Waals surface area (Å²) in [6.07, 6.45) is 3.75. The Balaban J connectivity index is 1.93. The number of hydrogen-bond donors (Lipinski definition) is 1. The fourth-order valence-corrected chi connectivity index (χ4v) is 5.21. The second kappa shape index (κ2) is 7.36. The molecule has 2 aliphatic heterocycles. The highest BCUT2D eigenvalue weighted by Crippen LogP contribution is 2.26. The molecule has 1 aromatic rings. The normalized spacial score (nSPS) is 21.7. The third-order valence-electron chi connectivity index (χ3n) is 5.19. The fraction of sp³-hybridized carbons (Fsp3) is 0.556. The van der Waals surface area contributed by atoms with Gasteiger partial charge in [-0.15, -0.1) is 0 Å². The summed E-state index contributed by atoms with van der Waals surface area (Å²) >= 11 is 0. The van der Waals surface area contributed by atoms with Crippen molar-refractivity contribution in [2.24, 2.45) is 0 Å². The van der Waals surface area contributed by atoms with Gasteiger partial charge in [-0.1, -0.05) is 12.5 Å². The lowest BCUT2D eigenvalue weighted by atomic mass is 10.1. The van der Waals surface area contributed by atoms with Crippen LogP contribution in [0.3, 0.4) is 0 Å². The highest BCUT2D eigenvalue weighted by atomic mass is 32.2. The molecule has 1 atom stereocenters. The Labute approximate surface area is 153 Å². The van der Waals surface area contributed by atoms with Gasteiger partial charge in [0.05, 0.1) is 4.90 Å². The zero-order chi connectivity index (χ0) is 18.9. The Morgan fingerprint density at radius 2 is 1.77 bits per heavy atom. The number of sulfonamides is 1. The molecule has 1 aromatic carbocycles. The molecule has 142 valence electrons. The van der Waals surface area contributed by atoms with E-state index in [1.54, 1.807) is 13.0 Å². The van der Waals surface area contributed by atoms with Crippen LogP contribution in [0.1, 0.15) is 48.0 Å². The Morgan fingerprint density at radius 3 is 2.42 bits per heavy atom. The van der Waals surface area contributed by atoms with Crippen LogP contribution in [0.25, 0.3) is 0 Å². The predicted molar refractivity (Wildman–Crippen MR) is 95.5 cm³/mol. The standard InChI is InChI=1S/C18H24N2O5S/c1-13-7-8-14(26(24,25)19-9-3-2-4-10-19)12-15(13)17(21)20-11-5-6-16(20)18(22)23/h7-8,12,16H,2-6,9-11H2,1H3,(H,22,23)/t16-/m0/s1. The molecule has 7 nitrogen and oxygen atoms in total. The summed E-state index contributed by atoms with van der Waals surface area (Å²) in [5.74, 6) is -1.44. The summed E-state index contributed by atoms with van der Waals surface area (Å²) < 4.78 is 27.2.